The first-order valence-electron chi connectivity index (χ1n) is 8.92. The summed E-state index contributed by atoms with van der Waals surface area (Å²) in [6.45, 7) is 5.92. The van der Waals surface area contributed by atoms with Crippen molar-refractivity contribution < 1.29 is 18.4 Å². The fourth-order valence-corrected chi connectivity index (χ4v) is 3.11. The molecule has 1 aliphatic rings. The van der Waals surface area contributed by atoms with Gasteiger partial charge in [0, 0.05) is 5.69 Å². The minimum absolute atomic E-state index is 0.191. The third-order valence-electron chi connectivity index (χ3n) is 4.99. The first-order chi connectivity index (χ1) is 12.8. The molecule has 0 atom stereocenters. The number of amides is 2. The second kappa shape index (κ2) is 7.10. The van der Waals surface area contributed by atoms with Gasteiger partial charge < -0.3 is 10.6 Å². The number of carbonyl (C=O) groups excluding carboxylic acids is 2. The SMILES string of the molecule is Cc1cccc(C(C)C)c1NC(=O)C1(C(=O)Nc2c(F)cccc2F)CC1. The van der Waals surface area contributed by atoms with Crippen LogP contribution in [0.4, 0.5) is 20.2 Å². The Morgan fingerprint density at radius 3 is 1.96 bits per heavy atom. The van der Waals surface area contributed by atoms with Gasteiger partial charge >= 0.3 is 0 Å². The summed E-state index contributed by atoms with van der Waals surface area (Å²) < 4.78 is 27.6. The number of rotatable bonds is 5. The van der Waals surface area contributed by atoms with Gasteiger partial charge in [-0.25, -0.2) is 8.78 Å². The monoisotopic (exact) mass is 372 g/mol. The average Bonchev–Trinajstić information content (AvgIpc) is 3.41. The predicted molar refractivity (Wildman–Crippen MR) is 101 cm³/mol. The van der Waals surface area contributed by atoms with Crippen molar-refractivity contribution in [3.05, 3.63) is 59.2 Å². The highest BCUT2D eigenvalue weighted by Gasteiger charge is 2.57. The second-order valence-corrected chi connectivity index (χ2v) is 7.28. The molecule has 0 aliphatic heterocycles. The molecule has 2 N–H and O–H groups in total. The van der Waals surface area contributed by atoms with E-state index in [0.29, 0.717) is 18.5 Å². The molecule has 0 radical (unpaired) electrons. The van der Waals surface area contributed by atoms with Crippen LogP contribution in [0.2, 0.25) is 0 Å². The molecular weight excluding hydrogens is 350 g/mol. The normalized spacial score (nSPS) is 14.7. The Morgan fingerprint density at radius 2 is 1.44 bits per heavy atom. The van der Waals surface area contributed by atoms with Crippen LogP contribution in [-0.2, 0) is 9.59 Å². The van der Waals surface area contributed by atoms with E-state index >= 15 is 0 Å². The van der Waals surface area contributed by atoms with Gasteiger partial charge in [0.15, 0.2) is 0 Å². The minimum Gasteiger partial charge on any atom is -0.325 e. The Bertz CT molecular complexity index is 885. The Kier molecular flexibility index (Phi) is 5.00. The van der Waals surface area contributed by atoms with E-state index in [9.17, 15) is 18.4 Å². The number of nitrogens with one attached hydrogen (secondary N) is 2. The number of hydrogen-bond donors (Lipinski definition) is 2. The summed E-state index contributed by atoms with van der Waals surface area (Å²) >= 11 is 0. The van der Waals surface area contributed by atoms with Crippen LogP contribution in [0, 0.1) is 24.0 Å². The molecule has 1 saturated carbocycles. The maximum Gasteiger partial charge on any atom is 0.240 e. The molecular formula is C21H22F2N2O2. The average molecular weight is 372 g/mol. The van der Waals surface area contributed by atoms with E-state index in [-0.39, 0.29) is 5.92 Å². The zero-order valence-electron chi connectivity index (χ0n) is 15.5. The smallest absolute Gasteiger partial charge is 0.240 e. The van der Waals surface area contributed by atoms with Crippen LogP contribution in [-0.4, -0.2) is 11.8 Å². The molecule has 2 aromatic rings. The van der Waals surface area contributed by atoms with Gasteiger partial charge in [-0.3, -0.25) is 9.59 Å². The van der Waals surface area contributed by atoms with Gasteiger partial charge in [0.05, 0.1) is 0 Å². The molecule has 2 amide bonds. The fraction of sp³-hybridized carbons (Fsp3) is 0.333. The Labute approximate surface area is 157 Å². The van der Waals surface area contributed by atoms with Crippen molar-refractivity contribution in [3.63, 3.8) is 0 Å². The van der Waals surface area contributed by atoms with E-state index in [1.807, 2.05) is 39.0 Å². The van der Waals surface area contributed by atoms with Crippen LogP contribution in [0.5, 0.6) is 0 Å². The predicted octanol–water partition coefficient (Wildman–Crippen LogP) is 4.75. The number of hydrogen-bond acceptors (Lipinski definition) is 2. The van der Waals surface area contributed by atoms with Crippen molar-refractivity contribution in [2.24, 2.45) is 5.41 Å². The van der Waals surface area contributed by atoms with E-state index in [1.165, 1.54) is 6.07 Å². The maximum atomic E-state index is 13.8. The molecule has 27 heavy (non-hydrogen) atoms. The molecule has 0 spiro atoms. The molecule has 0 saturated heterocycles. The fourth-order valence-electron chi connectivity index (χ4n) is 3.11. The first-order valence-corrected chi connectivity index (χ1v) is 8.92. The highest BCUT2D eigenvalue weighted by molar-refractivity contribution is 6.17. The van der Waals surface area contributed by atoms with Crippen molar-refractivity contribution in [1.82, 2.24) is 0 Å². The van der Waals surface area contributed by atoms with Crippen molar-refractivity contribution in [3.8, 4) is 0 Å². The molecule has 0 heterocycles. The van der Waals surface area contributed by atoms with E-state index in [2.05, 4.69) is 10.6 Å². The van der Waals surface area contributed by atoms with Crippen LogP contribution in [0.3, 0.4) is 0 Å². The maximum absolute atomic E-state index is 13.8. The lowest BCUT2D eigenvalue weighted by atomic mass is 9.97. The third kappa shape index (κ3) is 3.56. The number of halogens is 2. The van der Waals surface area contributed by atoms with E-state index in [1.54, 1.807) is 0 Å². The summed E-state index contributed by atoms with van der Waals surface area (Å²) in [7, 11) is 0. The standard InChI is InChI=1S/C21H22F2N2O2/c1-12(2)14-7-4-6-13(3)17(14)24-19(26)21(10-11-21)20(27)25-18-15(22)8-5-9-16(18)23/h4-9,12H,10-11H2,1-3H3,(H,24,26)(H,25,27). The molecule has 0 aromatic heterocycles. The van der Waals surface area contributed by atoms with Crippen LogP contribution < -0.4 is 10.6 Å². The Morgan fingerprint density at radius 1 is 0.926 bits per heavy atom. The van der Waals surface area contributed by atoms with E-state index < -0.39 is 34.6 Å². The number of aryl methyl sites for hydroxylation is 1. The Hall–Kier alpha value is -2.76. The topological polar surface area (TPSA) is 58.2 Å². The number of anilines is 2. The van der Waals surface area contributed by atoms with Gasteiger partial charge in [-0.1, -0.05) is 38.1 Å². The largest absolute Gasteiger partial charge is 0.325 e. The summed E-state index contributed by atoms with van der Waals surface area (Å²) in [5.41, 5.74) is 0.727. The molecule has 1 aliphatic carbocycles. The Balaban J connectivity index is 1.82. The molecule has 142 valence electrons. The first kappa shape index (κ1) is 19.0. The molecule has 0 bridgehead atoms. The van der Waals surface area contributed by atoms with Crippen LogP contribution in [0.25, 0.3) is 0 Å². The van der Waals surface area contributed by atoms with Gasteiger partial charge in [0.25, 0.3) is 0 Å². The van der Waals surface area contributed by atoms with E-state index in [0.717, 1.165) is 23.3 Å². The number of benzene rings is 2. The lowest BCUT2D eigenvalue weighted by Gasteiger charge is -2.20. The van der Waals surface area contributed by atoms with Crippen LogP contribution >= 0.6 is 0 Å². The van der Waals surface area contributed by atoms with Gasteiger partial charge in [-0.2, -0.15) is 0 Å². The zero-order chi connectivity index (χ0) is 19.8. The van der Waals surface area contributed by atoms with Crippen molar-refractivity contribution >= 4 is 23.2 Å². The van der Waals surface area contributed by atoms with Crippen molar-refractivity contribution in [1.29, 1.82) is 0 Å². The second-order valence-electron chi connectivity index (χ2n) is 7.28. The van der Waals surface area contributed by atoms with Crippen molar-refractivity contribution in [2.45, 2.75) is 39.5 Å². The molecule has 3 rings (SSSR count). The number of para-hydroxylation sites is 2. The highest BCUT2D eigenvalue weighted by atomic mass is 19.1. The molecule has 2 aromatic carbocycles. The zero-order valence-corrected chi connectivity index (χ0v) is 15.5. The quantitative estimate of drug-likeness (QED) is 0.744. The van der Waals surface area contributed by atoms with Crippen LogP contribution in [0.1, 0.15) is 43.7 Å². The summed E-state index contributed by atoms with van der Waals surface area (Å²) in [4.78, 5) is 25.5. The summed E-state index contributed by atoms with van der Waals surface area (Å²) in [5.74, 6) is -2.70. The molecule has 6 heteroatoms. The van der Waals surface area contributed by atoms with E-state index in [4.69, 9.17) is 0 Å². The highest BCUT2D eigenvalue weighted by Crippen LogP contribution is 2.48. The summed E-state index contributed by atoms with van der Waals surface area (Å²) in [6, 6.07) is 9.06. The molecule has 0 unspecified atom stereocenters. The summed E-state index contributed by atoms with van der Waals surface area (Å²) in [5, 5.41) is 5.12. The molecule has 1 fully saturated rings. The summed E-state index contributed by atoms with van der Waals surface area (Å²) in [6.07, 6.45) is 0.674. The van der Waals surface area contributed by atoms with Crippen molar-refractivity contribution in [2.75, 3.05) is 10.6 Å². The number of carbonyl (C=O) groups is 2. The lowest BCUT2D eigenvalue weighted by molar-refractivity contribution is -0.131. The van der Waals surface area contributed by atoms with Crippen LogP contribution in [0.15, 0.2) is 36.4 Å². The third-order valence-corrected chi connectivity index (χ3v) is 4.99. The van der Waals surface area contributed by atoms with Gasteiger partial charge in [0.2, 0.25) is 11.8 Å². The van der Waals surface area contributed by atoms with Gasteiger partial charge in [-0.05, 0) is 48.9 Å². The van der Waals surface area contributed by atoms with Gasteiger partial charge in [0.1, 0.15) is 22.7 Å². The lowest BCUT2D eigenvalue weighted by Crippen LogP contribution is -2.36. The minimum atomic E-state index is -1.30. The molecule has 4 nitrogen and oxygen atoms in total. The van der Waals surface area contributed by atoms with Gasteiger partial charge in [-0.15, -0.1) is 0 Å².